The number of halogens is 5. The monoisotopic (exact) mass is 548 g/mol. The summed E-state index contributed by atoms with van der Waals surface area (Å²) in [7, 11) is 0. The van der Waals surface area contributed by atoms with Gasteiger partial charge < -0.3 is 14.9 Å². The van der Waals surface area contributed by atoms with Gasteiger partial charge in [-0.25, -0.2) is 9.37 Å². The minimum Gasteiger partial charge on any atom is -0.492 e. The highest BCUT2D eigenvalue weighted by atomic mass is 35.5. The summed E-state index contributed by atoms with van der Waals surface area (Å²) in [5.41, 5.74) is -0.281. The maximum Gasteiger partial charge on any atom is 0.419 e. The summed E-state index contributed by atoms with van der Waals surface area (Å²) in [6, 6.07) is 13.6. The third-order valence-electron chi connectivity index (χ3n) is 6.47. The van der Waals surface area contributed by atoms with Crippen LogP contribution in [0.2, 0.25) is 5.02 Å². The smallest absolute Gasteiger partial charge is 0.419 e. The predicted octanol–water partition coefficient (Wildman–Crippen LogP) is 4.99. The van der Waals surface area contributed by atoms with Crippen LogP contribution in [-0.2, 0) is 0 Å². The number of hydrogen-bond donors (Lipinski definition) is 2. The SMILES string of the molecule is Cc1cc(C#Cc2ncc(-c3ccc(Cl)cc3)cc2F)ccc1OCCN1CC[C@](O)(C(F)(F)F)[C@@H](O)C1. The second-order valence-electron chi connectivity index (χ2n) is 9.13. The Morgan fingerprint density at radius 1 is 1.13 bits per heavy atom. The van der Waals surface area contributed by atoms with Gasteiger partial charge in [0.25, 0.3) is 0 Å². The fourth-order valence-electron chi connectivity index (χ4n) is 4.15. The summed E-state index contributed by atoms with van der Waals surface area (Å²) in [5, 5.41) is 20.2. The second-order valence-corrected chi connectivity index (χ2v) is 9.56. The van der Waals surface area contributed by atoms with E-state index in [2.05, 4.69) is 16.8 Å². The first-order chi connectivity index (χ1) is 18.0. The van der Waals surface area contributed by atoms with Crippen molar-refractivity contribution in [2.75, 3.05) is 26.2 Å². The van der Waals surface area contributed by atoms with Crippen LogP contribution in [0.25, 0.3) is 11.1 Å². The largest absolute Gasteiger partial charge is 0.492 e. The van der Waals surface area contributed by atoms with Gasteiger partial charge in [0.15, 0.2) is 11.4 Å². The minimum atomic E-state index is -4.89. The first-order valence-corrected chi connectivity index (χ1v) is 12.2. The Balaban J connectivity index is 1.33. The van der Waals surface area contributed by atoms with Crippen molar-refractivity contribution in [1.82, 2.24) is 9.88 Å². The number of benzene rings is 2. The number of rotatable bonds is 5. The van der Waals surface area contributed by atoms with Crippen molar-refractivity contribution in [3.63, 3.8) is 0 Å². The van der Waals surface area contributed by atoms with Crippen LogP contribution in [0.1, 0.15) is 23.2 Å². The number of β-amino-alcohol motifs (C(OH)–C–C–N with tert-alkyl or cyclic N) is 1. The Morgan fingerprint density at radius 2 is 1.87 bits per heavy atom. The standard InChI is InChI=1S/C28H25ClF4N2O3/c1-18-14-19(2-8-24-23(30)15-21(16-34-24)20-4-6-22(29)7-5-20)3-9-25(18)38-13-12-35-11-10-27(37,26(36)17-35)28(31,32)33/h3-7,9,14-16,26,36-37H,10-13,17H2,1H3/t26-,27+/m0/s1. The van der Waals surface area contributed by atoms with Crippen molar-refractivity contribution in [1.29, 1.82) is 0 Å². The van der Waals surface area contributed by atoms with E-state index in [4.69, 9.17) is 16.3 Å². The summed E-state index contributed by atoms with van der Waals surface area (Å²) in [5.74, 6) is 5.66. The van der Waals surface area contributed by atoms with E-state index in [9.17, 15) is 27.8 Å². The molecular weight excluding hydrogens is 524 g/mol. The zero-order chi connectivity index (χ0) is 27.5. The van der Waals surface area contributed by atoms with Gasteiger partial charge in [-0.1, -0.05) is 29.7 Å². The quantitative estimate of drug-likeness (QED) is 0.347. The lowest BCUT2D eigenvalue weighted by atomic mass is 9.88. The summed E-state index contributed by atoms with van der Waals surface area (Å²) >= 11 is 5.89. The van der Waals surface area contributed by atoms with E-state index in [1.807, 2.05) is 6.92 Å². The molecule has 2 heterocycles. The highest BCUT2D eigenvalue weighted by Gasteiger charge is 2.59. The van der Waals surface area contributed by atoms with Gasteiger partial charge in [-0.15, -0.1) is 0 Å². The predicted molar refractivity (Wildman–Crippen MR) is 135 cm³/mol. The molecule has 1 fully saturated rings. The van der Waals surface area contributed by atoms with Crippen LogP contribution < -0.4 is 4.74 Å². The topological polar surface area (TPSA) is 65.8 Å². The number of pyridine rings is 1. The van der Waals surface area contributed by atoms with Crippen LogP contribution in [0.15, 0.2) is 54.7 Å². The molecule has 0 amide bonds. The Kier molecular flexibility index (Phi) is 8.28. The number of ether oxygens (including phenoxy) is 1. The minimum absolute atomic E-state index is 0.0156. The number of piperidine rings is 1. The highest BCUT2D eigenvalue weighted by molar-refractivity contribution is 6.30. The Morgan fingerprint density at radius 3 is 2.50 bits per heavy atom. The Labute approximate surface area is 222 Å². The molecule has 200 valence electrons. The van der Waals surface area contributed by atoms with Crippen LogP contribution in [-0.4, -0.2) is 64.2 Å². The highest BCUT2D eigenvalue weighted by Crippen LogP contribution is 2.38. The summed E-state index contributed by atoms with van der Waals surface area (Å²) < 4.78 is 59.4. The molecular formula is C28H25ClF4N2O3. The summed E-state index contributed by atoms with van der Waals surface area (Å²) in [6.45, 7) is 1.95. The molecule has 2 atom stereocenters. The Bertz CT molecular complexity index is 1350. The number of aromatic nitrogens is 1. The van der Waals surface area contributed by atoms with Gasteiger partial charge in [-0.05, 0) is 60.4 Å². The molecule has 1 saturated heterocycles. The first-order valence-electron chi connectivity index (χ1n) is 11.8. The third kappa shape index (κ3) is 6.27. The first kappa shape index (κ1) is 27.9. The molecule has 38 heavy (non-hydrogen) atoms. The van der Waals surface area contributed by atoms with Crippen molar-refractivity contribution >= 4 is 11.6 Å². The lowest BCUT2D eigenvalue weighted by molar-refractivity contribution is -0.302. The summed E-state index contributed by atoms with van der Waals surface area (Å²) in [6.07, 6.45) is -5.88. The number of alkyl halides is 3. The van der Waals surface area contributed by atoms with Crippen molar-refractivity contribution in [2.24, 2.45) is 0 Å². The molecule has 0 aliphatic carbocycles. The number of nitrogens with zero attached hydrogens (tertiary/aromatic N) is 2. The van der Waals surface area contributed by atoms with Crippen LogP contribution >= 0.6 is 11.6 Å². The van der Waals surface area contributed by atoms with Gasteiger partial charge in [0.1, 0.15) is 24.2 Å². The van der Waals surface area contributed by atoms with Crippen molar-refractivity contribution in [2.45, 2.75) is 31.2 Å². The fourth-order valence-corrected chi connectivity index (χ4v) is 4.28. The fraction of sp³-hybridized carbons (Fsp3) is 0.321. The molecule has 0 saturated carbocycles. The lowest BCUT2D eigenvalue weighted by Crippen LogP contribution is -2.63. The number of likely N-dealkylation sites (tertiary alicyclic amines) is 1. The summed E-state index contributed by atoms with van der Waals surface area (Å²) in [4.78, 5) is 5.75. The number of aliphatic hydroxyl groups excluding tert-OH is 1. The zero-order valence-electron chi connectivity index (χ0n) is 20.4. The van der Waals surface area contributed by atoms with Gasteiger partial charge in [0.05, 0.1) is 0 Å². The molecule has 10 heteroatoms. The molecule has 4 rings (SSSR count). The van der Waals surface area contributed by atoms with E-state index in [1.54, 1.807) is 53.6 Å². The molecule has 2 aromatic carbocycles. The van der Waals surface area contributed by atoms with Crippen LogP contribution in [0.3, 0.4) is 0 Å². The van der Waals surface area contributed by atoms with Crippen LogP contribution in [0.5, 0.6) is 5.75 Å². The molecule has 1 aliphatic heterocycles. The molecule has 3 aromatic rings. The maximum absolute atomic E-state index is 14.6. The van der Waals surface area contributed by atoms with Crippen molar-refractivity contribution in [3.8, 4) is 28.7 Å². The second kappa shape index (κ2) is 11.3. The van der Waals surface area contributed by atoms with Crippen molar-refractivity contribution in [3.05, 3.63) is 82.4 Å². The van der Waals surface area contributed by atoms with E-state index in [0.717, 1.165) is 11.1 Å². The number of hydrogen-bond acceptors (Lipinski definition) is 5. The average molecular weight is 549 g/mol. The van der Waals surface area contributed by atoms with Gasteiger partial charge in [0.2, 0.25) is 0 Å². The molecule has 1 aromatic heterocycles. The molecule has 0 unspecified atom stereocenters. The van der Waals surface area contributed by atoms with Gasteiger partial charge in [-0.3, -0.25) is 4.90 Å². The van der Waals surface area contributed by atoms with Crippen LogP contribution in [0.4, 0.5) is 17.6 Å². The van der Waals surface area contributed by atoms with Gasteiger partial charge in [-0.2, -0.15) is 13.2 Å². The van der Waals surface area contributed by atoms with Crippen LogP contribution in [0, 0.1) is 24.6 Å². The third-order valence-corrected chi connectivity index (χ3v) is 6.72. The van der Waals surface area contributed by atoms with E-state index >= 15 is 0 Å². The molecule has 1 aliphatic rings. The maximum atomic E-state index is 14.6. The van der Waals surface area contributed by atoms with E-state index in [1.165, 1.54) is 6.07 Å². The van der Waals surface area contributed by atoms with E-state index < -0.39 is 30.1 Å². The lowest BCUT2D eigenvalue weighted by Gasteiger charge is -2.42. The van der Waals surface area contributed by atoms with E-state index in [0.29, 0.717) is 21.9 Å². The van der Waals surface area contributed by atoms with Gasteiger partial charge in [0, 0.05) is 48.4 Å². The molecule has 2 N–H and O–H groups in total. The molecule has 0 radical (unpaired) electrons. The van der Waals surface area contributed by atoms with Crippen molar-refractivity contribution < 1.29 is 32.5 Å². The zero-order valence-corrected chi connectivity index (χ0v) is 21.2. The van der Waals surface area contributed by atoms with Gasteiger partial charge >= 0.3 is 6.18 Å². The molecule has 0 spiro atoms. The molecule has 5 nitrogen and oxygen atoms in total. The number of aliphatic hydroxyl groups is 2. The van der Waals surface area contributed by atoms with E-state index in [-0.39, 0.29) is 31.9 Å². The molecule has 0 bridgehead atoms. The Hall–Kier alpha value is -3.16. The number of aryl methyl sites for hydroxylation is 1. The average Bonchev–Trinajstić information content (AvgIpc) is 2.86. The normalized spacial score (nSPS) is 20.1.